The number of fused-ring (bicyclic) bond motifs is 5. The van der Waals surface area contributed by atoms with Crippen LogP contribution in [0.5, 0.6) is 0 Å². The molecule has 2 aromatic heterocycles. The molecule has 0 aliphatic carbocycles. The standard InChI is InChI=1S/C40H58N2/c1-3-5-7-9-11-13-15-17-19-21-23-35-29-33-25-27-38-37(39(33)31-41-35)28-26-34-30-36(42-32-40(34)38)24-22-20-18-16-14-12-10-8-6-4-2/h25-32H,3-24H2,1-2H3. The smallest absolute Gasteiger partial charge is 0.0410 e. The highest BCUT2D eigenvalue weighted by atomic mass is 14.7. The van der Waals surface area contributed by atoms with Gasteiger partial charge < -0.3 is 0 Å². The third-order valence-electron chi connectivity index (χ3n) is 9.29. The van der Waals surface area contributed by atoms with Crippen molar-refractivity contribution in [3.05, 3.63) is 60.2 Å². The van der Waals surface area contributed by atoms with Crippen LogP contribution in [0.2, 0.25) is 0 Å². The maximum Gasteiger partial charge on any atom is 0.0410 e. The molecule has 0 unspecified atom stereocenters. The van der Waals surface area contributed by atoms with Crippen LogP contribution < -0.4 is 0 Å². The summed E-state index contributed by atoms with van der Waals surface area (Å²) >= 11 is 0. The predicted molar refractivity (Wildman–Crippen MR) is 186 cm³/mol. The van der Waals surface area contributed by atoms with Gasteiger partial charge in [0.25, 0.3) is 0 Å². The van der Waals surface area contributed by atoms with E-state index in [-0.39, 0.29) is 0 Å². The van der Waals surface area contributed by atoms with Crippen LogP contribution in [0.1, 0.15) is 154 Å². The van der Waals surface area contributed by atoms with E-state index in [9.17, 15) is 0 Å². The van der Waals surface area contributed by atoms with Crippen molar-refractivity contribution < 1.29 is 0 Å². The van der Waals surface area contributed by atoms with Crippen molar-refractivity contribution in [2.24, 2.45) is 0 Å². The molecule has 0 aliphatic heterocycles. The molecule has 0 saturated carbocycles. The van der Waals surface area contributed by atoms with E-state index in [1.807, 2.05) is 0 Å². The lowest BCUT2D eigenvalue weighted by atomic mass is 9.97. The zero-order chi connectivity index (χ0) is 29.2. The largest absolute Gasteiger partial charge is 0.261 e. The van der Waals surface area contributed by atoms with Crippen molar-refractivity contribution in [3.63, 3.8) is 0 Å². The Kier molecular flexibility index (Phi) is 14.6. The molecule has 0 N–H and O–H groups in total. The molecule has 228 valence electrons. The lowest BCUT2D eigenvalue weighted by Gasteiger charge is -2.10. The first kappa shape index (κ1) is 32.4. The minimum absolute atomic E-state index is 1.09. The number of aryl methyl sites for hydroxylation is 2. The summed E-state index contributed by atoms with van der Waals surface area (Å²) in [6.45, 7) is 4.58. The molecule has 2 nitrogen and oxygen atoms in total. The van der Waals surface area contributed by atoms with Crippen molar-refractivity contribution in [2.45, 2.75) is 155 Å². The van der Waals surface area contributed by atoms with E-state index in [1.54, 1.807) is 0 Å². The van der Waals surface area contributed by atoms with Gasteiger partial charge in [0.1, 0.15) is 0 Å². The molecule has 0 bridgehead atoms. The number of benzene rings is 2. The van der Waals surface area contributed by atoms with E-state index in [1.165, 1.54) is 172 Å². The fourth-order valence-electron chi connectivity index (χ4n) is 6.61. The zero-order valence-electron chi connectivity index (χ0n) is 27.1. The molecule has 0 saturated heterocycles. The Labute approximate surface area is 257 Å². The second kappa shape index (κ2) is 18.9. The maximum absolute atomic E-state index is 4.89. The van der Waals surface area contributed by atoms with Crippen LogP contribution in [0.15, 0.2) is 48.8 Å². The fourth-order valence-corrected chi connectivity index (χ4v) is 6.61. The van der Waals surface area contributed by atoms with Gasteiger partial charge in [0.2, 0.25) is 0 Å². The van der Waals surface area contributed by atoms with Crippen LogP contribution in [0.3, 0.4) is 0 Å². The number of hydrogen-bond donors (Lipinski definition) is 0. The van der Waals surface area contributed by atoms with E-state index < -0.39 is 0 Å². The minimum atomic E-state index is 1.09. The number of unbranched alkanes of at least 4 members (excludes halogenated alkanes) is 18. The van der Waals surface area contributed by atoms with Gasteiger partial charge in [-0.1, -0.05) is 154 Å². The van der Waals surface area contributed by atoms with Gasteiger partial charge in [0, 0.05) is 34.6 Å². The van der Waals surface area contributed by atoms with Gasteiger partial charge in [-0.15, -0.1) is 0 Å². The van der Waals surface area contributed by atoms with Crippen LogP contribution in [0, 0.1) is 0 Å². The number of nitrogens with zero attached hydrogens (tertiary/aromatic N) is 2. The molecule has 0 radical (unpaired) electrons. The summed E-state index contributed by atoms with van der Waals surface area (Å²) in [7, 11) is 0. The summed E-state index contributed by atoms with van der Waals surface area (Å²) in [4.78, 5) is 9.78. The summed E-state index contributed by atoms with van der Waals surface area (Å²) in [6.07, 6.45) is 34.0. The number of hydrogen-bond acceptors (Lipinski definition) is 2. The predicted octanol–water partition coefficient (Wildman–Crippen LogP) is 12.9. The summed E-state index contributed by atoms with van der Waals surface area (Å²) < 4.78 is 0. The number of aromatic nitrogens is 2. The Morgan fingerprint density at radius 3 is 1.07 bits per heavy atom. The van der Waals surface area contributed by atoms with E-state index >= 15 is 0 Å². The van der Waals surface area contributed by atoms with Gasteiger partial charge in [-0.2, -0.15) is 0 Å². The molecule has 0 atom stereocenters. The first-order chi connectivity index (χ1) is 20.8. The molecule has 0 amide bonds. The summed E-state index contributed by atoms with van der Waals surface area (Å²) in [5.41, 5.74) is 2.47. The molecule has 2 heterocycles. The van der Waals surface area contributed by atoms with Crippen LogP contribution in [0.4, 0.5) is 0 Å². The Bertz CT molecular complexity index is 1220. The van der Waals surface area contributed by atoms with Gasteiger partial charge in [-0.3, -0.25) is 9.97 Å². The first-order valence-electron chi connectivity index (χ1n) is 17.9. The maximum atomic E-state index is 4.89. The van der Waals surface area contributed by atoms with Crippen molar-refractivity contribution in [3.8, 4) is 0 Å². The summed E-state index contributed by atoms with van der Waals surface area (Å²) in [5.74, 6) is 0. The van der Waals surface area contributed by atoms with Gasteiger partial charge in [0.15, 0.2) is 0 Å². The van der Waals surface area contributed by atoms with Crippen LogP contribution >= 0.6 is 0 Å². The molecule has 0 fully saturated rings. The fraction of sp³-hybridized carbons (Fsp3) is 0.600. The molecule has 0 spiro atoms. The van der Waals surface area contributed by atoms with Gasteiger partial charge in [-0.25, -0.2) is 0 Å². The third-order valence-corrected chi connectivity index (χ3v) is 9.29. The lowest BCUT2D eigenvalue weighted by Crippen LogP contribution is -1.93. The number of rotatable bonds is 22. The van der Waals surface area contributed by atoms with Crippen molar-refractivity contribution in [1.29, 1.82) is 0 Å². The van der Waals surface area contributed by atoms with Gasteiger partial charge >= 0.3 is 0 Å². The highest BCUT2D eigenvalue weighted by Crippen LogP contribution is 2.31. The van der Waals surface area contributed by atoms with Crippen molar-refractivity contribution >= 4 is 32.3 Å². The summed E-state index contributed by atoms with van der Waals surface area (Å²) in [6, 6.07) is 13.8. The molecular formula is C40H58N2. The number of pyridine rings is 2. The highest BCUT2D eigenvalue weighted by molar-refractivity contribution is 6.16. The van der Waals surface area contributed by atoms with Crippen LogP contribution in [-0.4, -0.2) is 9.97 Å². The monoisotopic (exact) mass is 566 g/mol. The van der Waals surface area contributed by atoms with Crippen molar-refractivity contribution in [1.82, 2.24) is 9.97 Å². The summed E-state index contributed by atoms with van der Waals surface area (Å²) in [5, 5.41) is 7.73. The van der Waals surface area contributed by atoms with Gasteiger partial charge in [-0.05, 0) is 59.4 Å². The molecular weight excluding hydrogens is 508 g/mol. The Hall–Kier alpha value is -2.48. The highest BCUT2D eigenvalue weighted by Gasteiger charge is 2.08. The molecule has 4 rings (SSSR count). The Balaban J connectivity index is 1.24. The van der Waals surface area contributed by atoms with E-state index in [4.69, 9.17) is 9.97 Å². The van der Waals surface area contributed by atoms with E-state index in [0.717, 1.165) is 12.8 Å². The van der Waals surface area contributed by atoms with Crippen LogP contribution in [-0.2, 0) is 12.8 Å². The molecule has 0 aliphatic rings. The first-order valence-corrected chi connectivity index (χ1v) is 17.9. The third kappa shape index (κ3) is 10.4. The minimum Gasteiger partial charge on any atom is -0.261 e. The normalized spacial score (nSPS) is 11.8. The average Bonchev–Trinajstić information content (AvgIpc) is 3.02. The van der Waals surface area contributed by atoms with Crippen LogP contribution in [0.25, 0.3) is 32.3 Å². The quantitative estimate of drug-likeness (QED) is 0.0698. The zero-order valence-corrected chi connectivity index (χ0v) is 27.1. The Morgan fingerprint density at radius 1 is 0.381 bits per heavy atom. The lowest BCUT2D eigenvalue weighted by molar-refractivity contribution is 0.555. The molecule has 42 heavy (non-hydrogen) atoms. The van der Waals surface area contributed by atoms with Crippen molar-refractivity contribution in [2.75, 3.05) is 0 Å². The molecule has 4 aromatic rings. The topological polar surface area (TPSA) is 25.8 Å². The van der Waals surface area contributed by atoms with E-state index in [2.05, 4.69) is 62.6 Å². The van der Waals surface area contributed by atoms with E-state index in [0.29, 0.717) is 0 Å². The SMILES string of the molecule is CCCCCCCCCCCCc1cc2ccc3c4cnc(CCCCCCCCCCCC)cc4ccc3c2cn1. The average molecular weight is 567 g/mol. The Morgan fingerprint density at radius 2 is 0.714 bits per heavy atom. The molecule has 2 heteroatoms. The second-order valence-corrected chi connectivity index (χ2v) is 12.9. The second-order valence-electron chi connectivity index (χ2n) is 12.9. The molecule has 2 aromatic carbocycles. The van der Waals surface area contributed by atoms with Gasteiger partial charge in [0.05, 0.1) is 0 Å².